The first kappa shape index (κ1) is 12.4. The Hall–Kier alpha value is -2.01. The van der Waals surface area contributed by atoms with E-state index in [1.165, 1.54) is 13.3 Å². The minimum Gasteiger partial charge on any atom is -0.496 e. The van der Waals surface area contributed by atoms with Crippen LogP contribution in [-0.4, -0.2) is 28.4 Å². The minimum absolute atomic E-state index is 0.0771. The highest BCUT2D eigenvalue weighted by Crippen LogP contribution is 2.35. The minimum atomic E-state index is -1.06. The molecular formula is C12H11ClN2O3. The standard InChI is InChI=1S/C12H11ClN2O3/c1-6-3-10(18-2)7(4-9(6)13)11-8(12(16)17)5-14-15-11/h3-5H,1-2H3,(H,14,15)(H,16,17). The van der Waals surface area contributed by atoms with Crippen molar-refractivity contribution in [3.8, 4) is 17.0 Å². The van der Waals surface area contributed by atoms with E-state index in [9.17, 15) is 4.79 Å². The predicted octanol–water partition coefficient (Wildman–Crippen LogP) is 2.75. The summed E-state index contributed by atoms with van der Waals surface area (Å²) in [6.45, 7) is 1.85. The second kappa shape index (κ2) is 4.70. The highest BCUT2D eigenvalue weighted by Gasteiger charge is 2.18. The van der Waals surface area contributed by atoms with Crippen molar-refractivity contribution in [1.82, 2.24) is 10.2 Å². The summed E-state index contributed by atoms with van der Waals surface area (Å²) in [5, 5.41) is 16.0. The van der Waals surface area contributed by atoms with Gasteiger partial charge in [0, 0.05) is 10.6 Å². The molecule has 0 aliphatic heterocycles. The molecule has 0 aliphatic carbocycles. The molecule has 1 aromatic heterocycles. The van der Waals surface area contributed by atoms with Crippen LogP contribution in [0.15, 0.2) is 18.3 Å². The van der Waals surface area contributed by atoms with Crippen LogP contribution in [0, 0.1) is 6.92 Å². The Morgan fingerprint density at radius 3 is 2.83 bits per heavy atom. The van der Waals surface area contributed by atoms with Crippen LogP contribution in [0.1, 0.15) is 15.9 Å². The summed E-state index contributed by atoms with van der Waals surface area (Å²) in [6, 6.07) is 3.42. The van der Waals surface area contributed by atoms with Gasteiger partial charge < -0.3 is 9.84 Å². The zero-order valence-corrected chi connectivity index (χ0v) is 10.6. The number of benzene rings is 1. The molecule has 0 atom stereocenters. The van der Waals surface area contributed by atoms with Crippen LogP contribution in [-0.2, 0) is 0 Å². The second-order valence-corrected chi connectivity index (χ2v) is 4.17. The molecule has 2 rings (SSSR count). The second-order valence-electron chi connectivity index (χ2n) is 3.77. The fourth-order valence-electron chi connectivity index (χ4n) is 1.67. The van der Waals surface area contributed by atoms with Gasteiger partial charge in [-0.25, -0.2) is 4.79 Å². The molecule has 0 spiro atoms. The maximum absolute atomic E-state index is 11.1. The van der Waals surface area contributed by atoms with E-state index < -0.39 is 5.97 Å². The lowest BCUT2D eigenvalue weighted by molar-refractivity contribution is 0.0698. The van der Waals surface area contributed by atoms with Crippen molar-refractivity contribution in [2.45, 2.75) is 6.92 Å². The summed E-state index contributed by atoms with van der Waals surface area (Å²) in [6.07, 6.45) is 1.25. The van der Waals surface area contributed by atoms with Crippen molar-refractivity contribution in [2.75, 3.05) is 7.11 Å². The number of aryl methyl sites for hydroxylation is 1. The van der Waals surface area contributed by atoms with E-state index >= 15 is 0 Å². The van der Waals surface area contributed by atoms with Crippen molar-refractivity contribution < 1.29 is 14.6 Å². The highest BCUT2D eigenvalue weighted by molar-refractivity contribution is 6.31. The SMILES string of the molecule is COc1cc(C)c(Cl)cc1-c1[nH]ncc1C(=O)O. The van der Waals surface area contributed by atoms with Crippen molar-refractivity contribution in [2.24, 2.45) is 0 Å². The average molecular weight is 267 g/mol. The van der Waals surface area contributed by atoms with E-state index in [0.717, 1.165) is 5.56 Å². The molecule has 18 heavy (non-hydrogen) atoms. The molecule has 94 valence electrons. The average Bonchev–Trinajstić information content (AvgIpc) is 2.81. The number of ether oxygens (including phenoxy) is 1. The molecule has 5 nitrogen and oxygen atoms in total. The number of aromatic carboxylic acids is 1. The molecule has 0 radical (unpaired) electrons. The Labute approximate surface area is 108 Å². The van der Waals surface area contributed by atoms with Gasteiger partial charge in [0.25, 0.3) is 0 Å². The van der Waals surface area contributed by atoms with E-state index in [2.05, 4.69) is 10.2 Å². The third kappa shape index (κ3) is 2.04. The Bertz CT molecular complexity index is 607. The van der Waals surface area contributed by atoms with Crippen molar-refractivity contribution in [3.05, 3.63) is 34.5 Å². The first-order valence-corrected chi connectivity index (χ1v) is 5.53. The molecule has 0 saturated carbocycles. The normalized spacial score (nSPS) is 10.4. The maximum atomic E-state index is 11.1. The van der Waals surface area contributed by atoms with Crippen LogP contribution < -0.4 is 4.74 Å². The monoisotopic (exact) mass is 266 g/mol. The number of hydrogen-bond donors (Lipinski definition) is 2. The first-order chi connectivity index (χ1) is 8.54. The number of aromatic amines is 1. The molecule has 0 unspecified atom stereocenters. The molecule has 0 saturated heterocycles. The van der Waals surface area contributed by atoms with E-state index in [-0.39, 0.29) is 5.56 Å². The Balaban J connectivity index is 2.66. The van der Waals surface area contributed by atoms with Crippen LogP contribution in [0.25, 0.3) is 11.3 Å². The number of carboxylic acids is 1. The Morgan fingerprint density at radius 2 is 2.22 bits per heavy atom. The van der Waals surface area contributed by atoms with Gasteiger partial charge in [0.15, 0.2) is 0 Å². The zero-order chi connectivity index (χ0) is 13.3. The van der Waals surface area contributed by atoms with Gasteiger partial charge in [0.1, 0.15) is 11.3 Å². The largest absolute Gasteiger partial charge is 0.496 e. The maximum Gasteiger partial charge on any atom is 0.339 e. The quantitative estimate of drug-likeness (QED) is 0.896. The van der Waals surface area contributed by atoms with E-state index in [0.29, 0.717) is 22.0 Å². The number of methoxy groups -OCH3 is 1. The lowest BCUT2D eigenvalue weighted by Crippen LogP contribution is -1.98. The Morgan fingerprint density at radius 1 is 1.50 bits per heavy atom. The smallest absolute Gasteiger partial charge is 0.339 e. The van der Waals surface area contributed by atoms with Gasteiger partial charge in [-0.3, -0.25) is 5.10 Å². The van der Waals surface area contributed by atoms with E-state index in [1.54, 1.807) is 12.1 Å². The van der Waals surface area contributed by atoms with Gasteiger partial charge >= 0.3 is 5.97 Å². The van der Waals surface area contributed by atoms with Gasteiger partial charge in [-0.15, -0.1) is 0 Å². The molecule has 2 N–H and O–H groups in total. The van der Waals surface area contributed by atoms with E-state index in [4.69, 9.17) is 21.4 Å². The number of halogens is 1. The number of carbonyl (C=O) groups is 1. The molecule has 0 bridgehead atoms. The molecule has 1 aromatic carbocycles. The number of aromatic nitrogens is 2. The fraction of sp³-hybridized carbons (Fsp3) is 0.167. The van der Waals surface area contributed by atoms with Gasteiger partial charge in [-0.05, 0) is 24.6 Å². The summed E-state index contributed by atoms with van der Waals surface area (Å²) in [7, 11) is 1.52. The Kier molecular flexibility index (Phi) is 3.25. The lowest BCUT2D eigenvalue weighted by Gasteiger charge is -2.10. The van der Waals surface area contributed by atoms with Gasteiger partial charge in [0.2, 0.25) is 0 Å². The number of nitrogens with zero attached hydrogens (tertiary/aromatic N) is 1. The number of nitrogens with one attached hydrogen (secondary N) is 1. The van der Waals surface area contributed by atoms with Crippen molar-refractivity contribution in [3.63, 3.8) is 0 Å². The van der Waals surface area contributed by atoms with Gasteiger partial charge in [-0.2, -0.15) is 5.10 Å². The lowest BCUT2D eigenvalue weighted by atomic mass is 10.0. The summed E-state index contributed by atoms with van der Waals surface area (Å²) in [5.41, 5.74) is 1.88. The number of rotatable bonds is 3. The summed E-state index contributed by atoms with van der Waals surface area (Å²) >= 11 is 6.05. The third-order valence-corrected chi connectivity index (χ3v) is 3.03. The van der Waals surface area contributed by atoms with Crippen molar-refractivity contribution >= 4 is 17.6 Å². The van der Waals surface area contributed by atoms with Gasteiger partial charge in [-0.1, -0.05) is 11.6 Å². The van der Waals surface area contributed by atoms with E-state index in [1.807, 2.05) is 6.92 Å². The fourth-order valence-corrected chi connectivity index (χ4v) is 1.84. The topological polar surface area (TPSA) is 75.2 Å². The number of carboxylic acid groups (broad SMARTS) is 1. The molecular weight excluding hydrogens is 256 g/mol. The van der Waals surface area contributed by atoms with Crippen LogP contribution in [0.5, 0.6) is 5.75 Å². The number of hydrogen-bond acceptors (Lipinski definition) is 3. The van der Waals surface area contributed by atoms with Gasteiger partial charge in [0.05, 0.1) is 19.0 Å². The molecule has 0 aliphatic rings. The molecule has 0 amide bonds. The molecule has 0 fully saturated rings. The first-order valence-electron chi connectivity index (χ1n) is 5.15. The third-order valence-electron chi connectivity index (χ3n) is 2.62. The van der Waals surface area contributed by atoms with Crippen LogP contribution >= 0.6 is 11.6 Å². The summed E-state index contributed by atoms with van der Waals surface area (Å²) < 4.78 is 5.24. The predicted molar refractivity (Wildman–Crippen MR) is 67.3 cm³/mol. The van der Waals surface area contributed by atoms with Crippen LogP contribution in [0.3, 0.4) is 0 Å². The summed E-state index contributed by atoms with van der Waals surface area (Å²) in [4.78, 5) is 11.1. The molecule has 1 heterocycles. The highest BCUT2D eigenvalue weighted by atomic mass is 35.5. The molecule has 6 heteroatoms. The molecule has 2 aromatic rings. The van der Waals surface area contributed by atoms with Crippen LogP contribution in [0.2, 0.25) is 5.02 Å². The van der Waals surface area contributed by atoms with Crippen LogP contribution in [0.4, 0.5) is 0 Å². The summed E-state index contributed by atoms with van der Waals surface area (Å²) in [5.74, 6) is -0.513. The number of H-pyrrole nitrogens is 1. The van der Waals surface area contributed by atoms with Crippen molar-refractivity contribution in [1.29, 1.82) is 0 Å². The zero-order valence-electron chi connectivity index (χ0n) is 9.82.